The van der Waals surface area contributed by atoms with Gasteiger partial charge in [0.25, 0.3) is 15.8 Å². The summed E-state index contributed by atoms with van der Waals surface area (Å²) >= 11 is 0. The fourth-order valence-corrected chi connectivity index (χ4v) is 4.47. The van der Waals surface area contributed by atoms with Crippen LogP contribution in [0.5, 0.6) is 0 Å². The van der Waals surface area contributed by atoms with Gasteiger partial charge in [0, 0.05) is 19.0 Å². The molecule has 148 valence electrons. The smallest absolute Gasteiger partial charge is 0.272 e. The van der Waals surface area contributed by atoms with Crippen molar-refractivity contribution in [3.63, 3.8) is 0 Å². The quantitative estimate of drug-likeness (QED) is 0.594. The second-order valence-corrected chi connectivity index (χ2v) is 8.47. The highest BCUT2D eigenvalue weighted by Crippen LogP contribution is 2.22. The van der Waals surface area contributed by atoms with Crippen LogP contribution >= 0.6 is 0 Å². The molecule has 28 heavy (non-hydrogen) atoms. The predicted molar refractivity (Wildman–Crippen MR) is 110 cm³/mol. The van der Waals surface area contributed by atoms with Crippen LogP contribution in [-0.2, 0) is 16.4 Å². The van der Waals surface area contributed by atoms with E-state index in [1.807, 2.05) is 37.3 Å². The topological polar surface area (TPSA) is 76.7 Å². The standard InChI is InChI=1S/C21H25N3O3S/c1-3-24(18-8-5-4-6-9-18)28(25,26)20-13-14-21(22-16-20)23-17(2)11-12-19-10-7-15-27-19/h4-10,13-17H,3,11-12H2,1-2H3,(H,22,23)/p+1/t17-/m0/s1. The van der Waals surface area contributed by atoms with Gasteiger partial charge in [0.05, 0.1) is 18.0 Å². The van der Waals surface area contributed by atoms with Gasteiger partial charge in [-0.1, -0.05) is 18.2 Å². The average Bonchev–Trinajstić information content (AvgIpc) is 3.22. The number of aryl methyl sites for hydroxylation is 1. The van der Waals surface area contributed by atoms with Crippen molar-refractivity contribution in [2.24, 2.45) is 0 Å². The first-order valence-electron chi connectivity index (χ1n) is 9.39. The van der Waals surface area contributed by atoms with E-state index >= 15 is 0 Å². The molecule has 1 aromatic carbocycles. The van der Waals surface area contributed by atoms with Crippen LogP contribution in [0.2, 0.25) is 0 Å². The number of hydrogen-bond donors (Lipinski definition) is 1. The number of hydrogen-bond acceptors (Lipinski definition) is 4. The Morgan fingerprint density at radius 2 is 1.89 bits per heavy atom. The van der Waals surface area contributed by atoms with Gasteiger partial charge in [0.2, 0.25) is 0 Å². The van der Waals surface area contributed by atoms with Crippen molar-refractivity contribution in [3.8, 4) is 0 Å². The molecule has 0 aliphatic heterocycles. The molecule has 0 saturated heterocycles. The van der Waals surface area contributed by atoms with Gasteiger partial charge in [-0.25, -0.2) is 13.4 Å². The number of pyridine rings is 1. The number of H-pyrrole nitrogens is 1. The molecule has 2 heterocycles. The number of aromatic nitrogens is 1. The highest BCUT2D eigenvalue weighted by Gasteiger charge is 2.25. The van der Waals surface area contributed by atoms with Gasteiger partial charge < -0.3 is 4.42 Å². The summed E-state index contributed by atoms with van der Waals surface area (Å²) < 4.78 is 32.8. The van der Waals surface area contributed by atoms with E-state index in [4.69, 9.17) is 4.42 Å². The van der Waals surface area contributed by atoms with Crippen LogP contribution in [0.4, 0.5) is 11.5 Å². The minimum atomic E-state index is -3.63. The maximum Gasteiger partial charge on any atom is 0.272 e. The molecule has 0 radical (unpaired) electrons. The summed E-state index contributed by atoms with van der Waals surface area (Å²) in [5.41, 5.74) is 0.652. The van der Waals surface area contributed by atoms with Crippen LogP contribution in [0.1, 0.15) is 26.0 Å². The molecule has 2 aromatic heterocycles. The van der Waals surface area contributed by atoms with E-state index in [-0.39, 0.29) is 10.9 Å². The SMILES string of the molecule is CCN(c1ccccc1)S(=O)(=O)c1ccc(N[C@@H](C)CCc2ccco2)[nH+]c1. The third kappa shape index (κ3) is 4.72. The molecule has 0 spiro atoms. The van der Waals surface area contributed by atoms with Gasteiger partial charge in [-0.2, -0.15) is 0 Å². The van der Waals surface area contributed by atoms with Crippen LogP contribution in [0.15, 0.2) is 76.4 Å². The third-order valence-corrected chi connectivity index (χ3v) is 6.41. The van der Waals surface area contributed by atoms with E-state index in [1.165, 1.54) is 10.5 Å². The van der Waals surface area contributed by atoms with Crippen molar-refractivity contribution in [2.45, 2.75) is 37.6 Å². The van der Waals surface area contributed by atoms with Crippen LogP contribution < -0.4 is 14.6 Å². The molecule has 0 unspecified atom stereocenters. The Morgan fingerprint density at radius 3 is 2.50 bits per heavy atom. The van der Waals surface area contributed by atoms with Crippen molar-refractivity contribution >= 4 is 21.5 Å². The number of sulfonamides is 1. The number of anilines is 2. The van der Waals surface area contributed by atoms with Crippen molar-refractivity contribution in [1.29, 1.82) is 0 Å². The third-order valence-electron chi connectivity index (χ3n) is 4.51. The molecule has 6 nitrogen and oxygen atoms in total. The zero-order valence-electron chi connectivity index (χ0n) is 16.1. The van der Waals surface area contributed by atoms with Gasteiger partial charge in [0.1, 0.15) is 16.9 Å². The molecule has 2 N–H and O–H groups in total. The summed E-state index contributed by atoms with van der Waals surface area (Å²) in [4.78, 5) is 3.29. The highest BCUT2D eigenvalue weighted by molar-refractivity contribution is 7.92. The number of furan rings is 1. The van der Waals surface area contributed by atoms with Crippen molar-refractivity contribution in [1.82, 2.24) is 0 Å². The maximum atomic E-state index is 13.0. The first-order chi connectivity index (χ1) is 13.5. The summed E-state index contributed by atoms with van der Waals surface area (Å²) in [6, 6.07) is 16.6. The van der Waals surface area contributed by atoms with Crippen LogP contribution in [0.25, 0.3) is 0 Å². The van der Waals surface area contributed by atoms with Crippen molar-refractivity contribution < 1.29 is 17.8 Å². The van der Waals surface area contributed by atoms with Gasteiger partial charge in [-0.3, -0.25) is 9.62 Å². The second kappa shape index (κ2) is 8.93. The Hall–Kier alpha value is -2.80. The number of nitrogens with one attached hydrogen (secondary N) is 2. The van der Waals surface area contributed by atoms with Crippen LogP contribution in [0.3, 0.4) is 0 Å². The molecule has 0 fully saturated rings. The summed E-state index contributed by atoms with van der Waals surface area (Å²) in [7, 11) is -3.63. The molecule has 3 rings (SSSR count). The lowest BCUT2D eigenvalue weighted by Gasteiger charge is -2.22. The molecular weight excluding hydrogens is 374 g/mol. The molecular formula is C21H26N3O3S+. The van der Waals surface area contributed by atoms with Crippen molar-refractivity contribution in [2.75, 3.05) is 16.2 Å². The lowest BCUT2D eigenvalue weighted by atomic mass is 10.1. The minimum absolute atomic E-state index is 0.209. The molecule has 7 heteroatoms. The zero-order chi connectivity index (χ0) is 20.0. The van der Waals surface area contributed by atoms with E-state index in [0.29, 0.717) is 12.2 Å². The Balaban J connectivity index is 1.67. The lowest BCUT2D eigenvalue weighted by Crippen LogP contribution is -2.32. The number of nitrogens with zero attached hydrogens (tertiary/aromatic N) is 1. The van der Waals surface area contributed by atoms with E-state index < -0.39 is 10.0 Å². The molecule has 0 saturated carbocycles. The maximum absolute atomic E-state index is 13.0. The molecule has 0 bridgehead atoms. The lowest BCUT2D eigenvalue weighted by molar-refractivity contribution is -0.364. The predicted octanol–water partition coefficient (Wildman–Crippen LogP) is 3.74. The van der Waals surface area contributed by atoms with Gasteiger partial charge in [-0.15, -0.1) is 0 Å². The first-order valence-corrected chi connectivity index (χ1v) is 10.8. The Morgan fingerprint density at radius 1 is 1.11 bits per heavy atom. The first kappa shape index (κ1) is 19.9. The van der Waals surface area contributed by atoms with Gasteiger partial charge in [0.15, 0.2) is 0 Å². The monoisotopic (exact) mass is 400 g/mol. The number of para-hydroxylation sites is 1. The Kier molecular flexibility index (Phi) is 6.36. The molecule has 1 atom stereocenters. The van der Waals surface area contributed by atoms with E-state index in [9.17, 15) is 8.42 Å². The molecule has 0 aliphatic carbocycles. The molecule has 0 aliphatic rings. The average molecular weight is 401 g/mol. The van der Waals surface area contributed by atoms with E-state index in [1.54, 1.807) is 30.5 Å². The fraction of sp³-hybridized carbons (Fsp3) is 0.286. The summed E-state index contributed by atoms with van der Waals surface area (Å²) in [5.74, 6) is 1.73. The normalized spacial score (nSPS) is 12.5. The second-order valence-electron chi connectivity index (χ2n) is 6.61. The number of rotatable bonds is 9. The van der Waals surface area contributed by atoms with Gasteiger partial charge in [-0.05, 0) is 50.6 Å². The van der Waals surface area contributed by atoms with E-state index in [0.717, 1.165) is 24.4 Å². The minimum Gasteiger partial charge on any atom is -0.469 e. The summed E-state index contributed by atoms with van der Waals surface area (Å²) in [6.45, 7) is 4.26. The number of aromatic amines is 1. The van der Waals surface area contributed by atoms with Crippen LogP contribution in [0, 0.1) is 0 Å². The van der Waals surface area contributed by atoms with Crippen LogP contribution in [-0.4, -0.2) is 21.0 Å². The summed E-state index contributed by atoms with van der Waals surface area (Å²) in [5, 5.41) is 3.35. The number of benzene rings is 1. The fourth-order valence-electron chi connectivity index (χ4n) is 3.02. The van der Waals surface area contributed by atoms with E-state index in [2.05, 4.69) is 17.2 Å². The van der Waals surface area contributed by atoms with Gasteiger partial charge >= 0.3 is 0 Å². The Bertz CT molecular complexity index is 956. The van der Waals surface area contributed by atoms with Crippen molar-refractivity contribution in [3.05, 3.63) is 72.8 Å². The summed E-state index contributed by atoms with van der Waals surface area (Å²) in [6.07, 6.45) is 4.95. The highest BCUT2D eigenvalue weighted by atomic mass is 32.2. The molecule has 0 amide bonds. The zero-order valence-corrected chi connectivity index (χ0v) is 16.9. The largest absolute Gasteiger partial charge is 0.469 e. The Labute approximate surface area is 166 Å². The molecule has 3 aromatic rings.